The molecule has 4 aromatic rings. The molecule has 0 fully saturated rings. The molecule has 9 heteroatoms. The molecule has 2 aromatic carbocycles. The zero-order valence-corrected chi connectivity index (χ0v) is 19.8. The van der Waals surface area contributed by atoms with Gasteiger partial charge in [-0.3, -0.25) is 14.3 Å². The first-order valence-corrected chi connectivity index (χ1v) is 11.8. The lowest BCUT2D eigenvalue weighted by atomic mass is 10.2. The summed E-state index contributed by atoms with van der Waals surface area (Å²) in [5, 5.41) is 1.65. The molecular weight excluding hydrogens is 460 g/mol. The van der Waals surface area contributed by atoms with Crippen LogP contribution in [0.15, 0.2) is 64.2 Å². The van der Waals surface area contributed by atoms with Crippen LogP contribution in [-0.4, -0.2) is 29.8 Å². The second kappa shape index (κ2) is 10.2. The van der Waals surface area contributed by atoms with Crippen molar-refractivity contribution in [1.82, 2.24) is 9.55 Å². The standard InChI is InChI=1S/C24H25ClN4O3S/c1-32-13-7-12-28(15-19-20(25)17-10-5-6-11-18(17)33-19)21-22(26)29(24(31)27-23(21)30)14-16-8-3-2-4-9-16/h2-6,8-11H,7,12-15,26H2,1H3,(H,27,30,31). The van der Waals surface area contributed by atoms with E-state index in [4.69, 9.17) is 22.1 Å². The van der Waals surface area contributed by atoms with Gasteiger partial charge >= 0.3 is 5.69 Å². The van der Waals surface area contributed by atoms with Gasteiger partial charge in [0.05, 0.1) is 18.1 Å². The fourth-order valence-corrected chi connectivity index (χ4v) is 5.32. The molecule has 4 rings (SSSR count). The Bertz CT molecular complexity index is 1360. The van der Waals surface area contributed by atoms with E-state index in [9.17, 15) is 9.59 Å². The Hall–Kier alpha value is -3.07. The Morgan fingerprint density at radius 2 is 1.85 bits per heavy atom. The number of hydrogen-bond donors (Lipinski definition) is 2. The van der Waals surface area contributed by atoms with Gasteiger partial charge in [0.25, 0.3) is 5.56 Å². The van der Waals surface area contributed by atoms with Gasteiger partial charge in [-0.2, -0.15) is 0 Å². The molecule has 0 spiro atoms. The van der Waals surface area contributed by atoms with Crippen LogP contribution in [0.5, 0.6) is 0 Å². The summed E-state index contributed by atoms with van der Waals surface area (Å²) < 4.78 is 7.67. The predicted molar refractivity (Wildman–Crippen MR) is 136 cm³/mol. The van der Waals surface area contributed by atoms with Crippen molar-refractivity contribution in [2.75, 3.05) is 30.9 Å². The molecule has 0 saturated carbocycles. The Morgan fingerprint density at radius 1 is 1.12 bits per heavy atom. The number of nitrogens with one attached hydrogen (secondary N) is 1. The lowest BCUT2D eigenvalue weighted by Crippen LogP contribution is -2.39. The molecule has 33 heavy (non-hydrogen) atoms. The number of thiophene rings is 1. The number of rotatable bonds is 9. The van der Waals surface area contributed by atoms with E-state index < -0.39 is 11.2 Å². The molecule has 2 aromatic heterocycles. The van der Waals surface area contributed by atoms with Crippen LogP contribution in [0.4, 0.5) is 11.5 Å². The molecule has 0 atom stereocenters. The second-order valence-electron chi connectivity index (χ2n) is 7.67. The van der Waals surface area contributed by atoms with Gasteiger partial charge in [0, 0.05) is 35.2 Å². The van der Waals surface area contributed by atoms with Gasteiger partial charge in [0.1, 0.15) is 11.5 Å². The van der Waals surface area contributed by atoms with Crippen molar-refractivity contribution in [3.63, 3.8) is 0 Å². The van der Waals surface area contributed by atoms with E-state index in [0.29, 0.717) is 31.1 Å². The summed E-state index contributed by atoms with van der Waals surface area (Å²) >= 11 is 8.26. The minimum atomic E-state index is -0.540. The average Bonchev–Trinajstić information content (AvgIpc) is 3.12. The number of anilines is 2. The maximum atomic E-state index is 12.9. The molecule has 0 aliphatic rings. The summed E-state index contributed by atoms with van der Waals surface area (Å²) in [5.74, 6) is 0.127. The number of benzene rings is 2. The Balaban J connectivity index is 1.76. The summed E-state index contributed by atoms with van der Waals surface area (Å²) in [5.41, 5.74) is 6.55. The number of nitrogen functional groups attached to an aromatic ring is 1. The number of methoxy groups -OCH3 is 1. The Labute approximate surface area is 200 Å². The SMILES string of the molecule is COCCCN(Cc1sc2ccccc2c1Cl)c1c(N)n(Cc2ccccc2)c(=O)[nH]c1=O. The lowest BCUT2D eigenvalue weighted by molar-refractivity contribution is 0.196. The zero-order chi connectivity index (χ0) is 23.4. The van der Waals surface area contributed by atoms with E-state index in [1.807, 2.05) is 59.5 Å². The average molecular weight is 485 g/mol. The van der Waals surface area contributed by atoms with E-state index in [1.54, 1.807) is 18.4 Å². The van der Waals surface area contributed by atoms with Crippen molar-refractivity contribution in [3.05, 3.63) is 90.9 Å². The number of H-pyrrole nitrogens is 1. The van der Waals surface area contributed by atoms with Crippen LogP contribution in [0.2, 0.25) is 5.02 Å². The van der Waals surface area contributed by atoms with Gasteiger partial charge in [0.15, 0.2) is 0 Å². The largest absolute Gasteiger partial charge is 0.385 e. The highest BCUT2D eigenvalue weighted by atomic mass is 35.5. The molecule has 2 heterocycles. The normalized spacial score (nSPS) is 11.2. The quantitative estimate of drug-likeness (QED) is 0.349. The van der Waals surface area contributed by atoms with E-state index in [1.165, 1.54) is 4.57 Å². The van der Waals surface area contributed by atoms with Crippen molar-refractivity contribution in [3.8, 4) is 0 Å². The van der Waals surface area contributed by atoms with Crippen molar-refractivity contribution in [2.24, 2.45) is 0 Å². The van der Waals surface area contributed by atoms with Crippen molar-refractivity contribution >= 4 is 44.5 Å². The minimum absolute atomic E-state index is 0.127. The molecule has 0 bridgehead atoms. The lowest BCUT2D eigenvalue weighted by Gasteiger charge is -2.26. The van der Waals surface area contributed by atoms with Crippen LogP contribution in [0.25, 0.3) is 10.1 Å². The summed E-state index contributed by atoms with van der Waals surface area (Å²) in [6.45, 7) is 1.68. The monoisotopic (exact) mass is 484 g/mol. The Morgan fingerprint density at radius 3 is 2.58 bits per heavy atom. The highest BCUT2D eigenvalue weighted by Crippen LogP contribution is 2.36. The number of nitrogens with two attached hydrogens (primary N) is 1. The van der Waals surface area contributed by atoms with E-state index in [-0.39, 0.29) is 18.1 Å². The number of halogens is 1. The summed E-state index contributed by atoms with van der Waals surface area (Å²) in [7, 11) is 1.63. The smallest absolute Gasteiger partial charge is 0.330 e. The molecule has 0 unspecified atom stereocenters. The minimum Gasteiger partial charge on any atom is -0.385 e. The maximum Gasteiger partial charge on any atom is 0.330 e. The number of aromatic amines is 1. The second-order valence-corrected chi connectivity index (χ2v) is 9.18. The summed E-state index contributed by atoms with van der Waals surface area (Å²) in [6.07, 6.45) is 0.676. The number of fused-ring (bicyclic) bond motifs is 1. The Kier molecular flexibility index (Phi) is 7.17. The van der Waals surface area contributed by atoms with Gasteiger partial charge in [-0.25, -0.2) is 4.79 Å². The van der Waals surface area contributed by atoms with Gasteiger partial charge in [-0.15, -0.1) is 11.3 Å². The number of nitrogens with zero attached hydrogens (tertiary/aromatic N) is 2. The molecular formula is C24H25ClN4O3S. The predicted octanol–water partition coefficient (Wildman–Crippen LogP) is 4.08. The molecule has 3 N–H and O–H groups in total. The first-order chi connectivity index (χ1) is 16.0. The van der Waals surface area contributed by atoms with E-state index in [0.717, 1.165) is 20.5 Å². The molecule has 7 nitrogen and oxygen atoms in total. The van der Waals surface area contributed by atoms with Crippen molar-refractivity contribution < 1.29 is 4.74 Å². The molecule has 0 saturated heterocycles. The van der Waals surface area contributed by atoms with Gasteiger partial charge in [-0.1, -0.05) is 60.1 Å². The van der Waals surface area contributed by atoms with Gasteiger partial charge < -0.3 is 15.4 Å². The molecule has 172 valence electrons. The van der Waals surface area contributed by atoms with Crippen LogP contribution in [-0.2, 0) is 17.8 Å². The van der Waals surface area contributed by atoms with E-state index >= 15 is 0 Å². The van der Waals surface area contributed by atoms with Crippen molar-refractivity contribution in [2.45, 2.75) is 19.5 Å². The van der Waals surface area contributed by atoms with Crippen molar-refractivity contribution in [1.29, 1.82) is 0 Å². The number of aromatic nitrogens is 2. The molecule has 0 radical (unpaired) electrons. The van der Waals surface area contributed by atoms with Crippen LogP contribution >= 0.6 is 22.9 Å². The van der Waals surface area contributed by atoms with Crippen LogP contribution in [0.1, 0.15) is 16.9 Å². The highest BCUT2D eigenvalue weighted by Gasteiger charge is 2.21. The summed E-state index contributed by atoms with van der Waals surface area (Å²) in [4.78, 5) is 30.8. The zero-order valence-electron chi connectivity index (χ0n) is 18.2. The molecule has 0 amide bonds. The van der Waals surface area contributed by atoms with Crippen LogP contribution in [0.3, 0.4) is 0 Å². The first kappa shape index (κ1) is 23.1. The summed E-state index contributed by atoms with van der Waals surface area (Å²) in [6, 6.07) is 17.4. The number of hydrogen-bond acceptors (Lipinski definition) is 6. The maximum absolute atomic E-state index is 12.9. The van der Waals surface area contributed by atoms with Crippen LogP contribution < -0.4 is 21.9 Å². The third kappa shape index (κ3) is 4.98. The topological polar surface area (TPSA) is 93.3 Å². The van der Waals surface area contributed by atoms with E-state index in [2.05, 4.69) is 4.98 Å². The fourth-order valence-electron chi connectivity index (χ4n) is 3.82. The van der Waals surface area contributed by atoms with Gasteiger partial charge in [0.2, 0.25) is 0 Å². The third-order valence-electron chi connectivity index (χ3n) is 5.43. The van der Waals surface area contributed by atoms with Crippen LogP contribution in [0, 0.1) is 0 Å². The first-order valence-electron chi connectivity index (χ1n) is 10.6. The molecule has 0 aliphatic carbocycles. The van der Waals surface area contributed by atoms with Gasteiger partial charge in [-0.05, 0) is 18.1 Å². The fraction of sp³-hybridized carbons (Fsp3) is 0.250. The molecule has 0 aliphatic heterocycles. The third-order valence-corrected chi connectivity index (χ3v) is 7.13. The highest BCUT2D eigenvalue weighted by molar-refractivity contribution is 7.19. The number of ether oxygens (including phenoxy) is 1.